The quantitative estimate of drug-likeness (QED) is 0.794. The first-order chi connectivity index (χ1) is 8.59. The number of unbranched alkanes of at least 4 members (excludes halogenated alkanes) is 1. The molecule has 18 heavy (non-hydrogen) atoms. The van der Waals surface area contributed by atoms with Crippen LogP contribution in [0.3, 0.4) is 0 Å². The lowest BCUT2D eigenvalue weighted by atomic mass is 9.91. The summed E-state index contributed by atoms with van der Waals surface area (Å²) in [5, 5.41) is 1.29. The minimum Gasteiger partial charge on any atom is -0.449 e. The predicted molar refractivity (Wildman–Crippen MR) is 65.9 cm³/mol. The standard InChI is InChI=1S/C12H22N2O4/c1-4-7-8-12(5-2)9-18-11(16)14(12)13-10(15)17-6-3/h4-9H2,1-3H3,(H,13,15)/t12-/m1/s1. The molecule has 1 saturated heterocycles. The number of carbonyl (C=O) groups excluding carboxylic acids is 2. The maximum absolute atomic E-state index is 11.7. The largest absolute Gasteiger partial charge is 0.449 e. The van der Waals surface area contributed by atoms with Gasteiger partial charge in [-0.3, -0.25) is 0 Å². The van der Waals surface area contributed by atoms with Crippen molar-refractivity contribution in [3.05, 3.63) is 0 Å². The summed E-state index contributed by atoms with van der Waals surface area (Å²) >= 11 is 0. The zero-order chi connectivity index (χ0) is 13.6. The maximum Gasteiger partial charge on any atom is 0.429 e. The second kappa shape index (κ2) is 6.47. The molecule has 1 fully saturated rings. The van der Waals surface area contributed by atoms with E-state index in [2.05, 4.69) is 12.3 Å². The highest BCUT2D eigenvalue weighted by molar-refractivity contribution is 5.76. The van der Waals surface area contributed by atoms with Crippen LogP contribution in [0.2, 0.25) is 0 Å². The van der Waals surface area contributed by atoms with Gasteiger partial charge in [0.25, 0.3) is 0 Å². The Hall–Kier alpha value is -1.46. The van der Waals surface area contributed by atoms with Crippen LogP contribution in [0.1, 0.15) is 46.5 Å². The number of rotatable bonds is 6. The van der Waals surface area contributed by atoms with Gasteiger partial charge < -0.3 is 9.47 Å². The molecule has 0 spiro atoms. The molecule has 1 rings (SSSR count). The molecule has 0 aromatic rings. The van der Waals surface area contributed by atoms with Crippen molar-refractivity contribution in [2.75, 3.05) is 13.2 Å². The molecule has 0 aromatic carbocycles. The average molecular weight is 258 g/mol. The van der Waals surface area contributed by atoms with Crippen LogP contribution >= 0.6 is 0 Å². The Bertz CT molecular complexity index is 308. The maximum atomic E-state index is 11.7. The molecular weight excluding hydrogens is 236 g/mol. The molecule has 6 heteroatoms. The summed E-state index contributed by atoms with van der Waals surface area (Å²) in [5.74, 6) is 0. The van der Waals surface area contributed by atoms with Crippen molar-refractivity contribution in [2.45, 2.75) is 52.0 Å². The first-order valence-corrected chi connectivity index (χ1v) is 6.50. The van der Waals surface area contributed by atoms with E-state index in [9.17, 15) is 9.59 Å². The summed E-state index contributed by atoms with van der Waals surface area (Å²) in [6.07, 6.45) is 2.41. The Morgan fingerprint density at radius 1 is 1.50 bits per heavy atom. The molecular formula is C12H22N2O4. The molecule has 0 aromatic heterocycles. The van der Waals surface area contributed by atoms with Crippen LogP contribution in [-0.4, -0.2) is 35.9 Å². The van der Waals surface area contributed by atoms with Crippen molar-refractivity contribution < 1.29 is 19.1 Å². The summed E-state index contributed by atoms with van der Waals surface area (Å²) in [5.41, 5.74) is 2.03. The third kappa shape index (κ3) is 3.05. The smallest absolute Gasteiger partial charge is 0.429 e. The van der Waals surface area contributed by atoms with Crippen molar-refractivity contribution in [3.63, 3.8) is 0 Å². The topological polar surface area (TPSA) is 67.9 Å². The number of hydrogen-bond acceptors (Lipinski definition) is 4. The Balaban J connectivity index is 2.75. The van der Waals surface area contributed by atoms with Gasteiger partial charge in [-0.1, -0.05) is 26.7 Å². The Kier molecular flexibility index (Phi) is 5.25. The summed E-state index contributed by atoms with van der Waals surface area (Å²) in [4.78, 5) is 23.1. The number of amides is 2. The van der Waals surface area contributed by atoms with Crippen molar-refractivity contribution in [2.24, 2.45) is 0 Å². The highest BCUT2D eigenvalue weighted by atomic mass is 16.6. The molecule has 0 saturated carbocycles. The van der Waals surface area contributed by atoms with Gasteiger partial charge in [-0.15, -0.1) is 0 Å². The van der Waals surface area contributed by atoms with Gasteiger partial charge in [0.05, 0.1) is 6.61 Å². The lowest BCUT2D eigenvalue weighted by Crippen LogP contribution is -2.56. The fraction of sp³-hybridized carbons (Fsp3) is 0.833. The molecule has 104 valence electrons. The molecule has 1 heterocycles. The van der Waals surface area contributed by atoms with E-state index < -0.39 is 17.7 Å². The van der Waals surface area contributed by atoms with Crippen LogP contribution in [0.25, 0.3) is 0 Å². The van der Waals surface area contributed by atoms with E-state index in [0.717, 1.165) is 25.7 Å². The van der Waals surface area contributed by atoms with Crippen LogP contribution in [0.5, 0.6) is 0 Å². The fourth-order valence-electron chi connectivity index (χ4n) is 2.06. The molecule has 1 atom stereocenters. The second-order valence-electron chi connectivity index (χ2n) is 4.40. The summed E-state index contributed by atoms with van der Waals surface area (Å²) in [6, 6.07) is 0. The molecule has 2 amide bonds. The zero-order valence-electron chi connectivity index (χ0n) is 11.3. The summed E-state index contributed by atoms with van der Waals surface area (Å²) in [6.45, 7) is 6.37. The van der Waals surface area contributed by atoms with Gasteiger partial charge in [0, 0.05) is 0 Å². The van der Waals surface area contributed by atoms with E-state index in [1.807, 2.05) is 6.92 Å². The van der Waals surface area contributed by atoms with Gasteiger partial charge in [0.2, 0.25) is 0 Å². The van der Waals surface area contributed by atoms with E-state index >= 15 is 0 Å². The lowest BCUT2D eigenvalue weighted by molar-refractivity contribution is 0.0739. The second-order valence-corrected chi connectivity index (χ2v) is 4.40. The minimum atomic E-state index is -0.620. The van der Waals surface area contributed by atoms with Gasteiger partial charge in [-0.2, -0.15) is 0 Å². The minimum absolute atomic E-state index is 0.267. The molecule has 0 unspecified atom stereocenters. The van der Waals surface area contributed by atoms with Gasteiger partial charge >= 0.3 is 12.2 Å². The van der Waals surface area contributed by atoms with Crippen LogP contribution in [0.15, 0.2) is 0 Å². The number of hydrogen-bond donors (Lipinski definition) is 1. The Morgan fingerprint density at radius 2 is 2.22 bits per heavy atom. The van der Waals surface area contributed by atoms with Crippen LogP contribution in [0.4, 0.5) is 9.59 Å². The number of cyclic esters (lactones) is 1. The zero-order valence-corrected chi connectivity index (χ0v) is 11.3. The average Bonchev–Trinajstić information content (AvgIpc) is 2.66. The fourth-order valence-corrected chi connectivity index (χ4v) is 2.06. The van der Waals surface area contributed by atoms with Gasteiger partial charge in [0.15, 0.2) is 0 Å². The normalized spacial score (nSPS) is 22.8. The van der Waals surface area contributed by atoms with Crippen molar-refractivity contribution in [1.82, 2.24) is 10.4 Å². The number of hydrazine groups is 1. The molecule has 0 aliphatic carbocycles. The molecule has 0 radical (unpaired) electrons. The summed E-state index contributed by atoms with van der Waals surface area (Å²) < 4.78 is 9.86. The lowest BCUT2D eigenvalue weighted by Gasteiger charge is -2.33. The summed E-state index contributed by atoms with van der Waals surface area (Å²) in [7, 11) is 0. The highest BCUT2D eigenvalue weighted by Crippen LogP contribution is 2.31. The van der Waals surface area contributed by atoms with Gasteiger partial charge in [-0.05, 0) is 19.8 Å². The molecule has 1 N–H and O–H groups in total. The number of nitrogens with one attached hydrogen (secondary N) is 1. The third-order valence-corrected chi connectivity index (χ3v) is 3.25. The highest BCUT2D eigenvalue weighted by Gasteiger charge is 2.47. The molecule has 0 bridgehead atoms. The first kappa shape index (κ1) is 14.6. The van der Waals surface area contributed by atoms with Crippen molar-refractivity contribution in [1.29, 1.82) is 0 Å². The number of carbonyl (C=O) groups is 2. The van der Waals surface area contributed by atoms with E-state index in [-0.39, 0.29) is 6.61 Å². The number of nitrogens with zero attached hydrogens (tertiary/aromatic N) is 1. The third-order valence-electron chi connectivity index (χ3n) is 3.25. The van der Waals surface area contributed by atoms with Crippen LogP contribution < -0.4 is 5.43 Å². The molecule has 1 aliphatic heterocycles. The van der Waals surface area contributed by atoms with Crippen LogP contribution in [-0.2, 0) is 9.47 Å². The van der Waals surface area contributed by atoms with E-state index in [0.29, 0.717) is 6.61 Å². The van der Waals surface area contributed by atoms with E-state index in [1.54, 1.807) is 6.92 Å². The molecule has 1 aliphatic rings. The number of ether oxygens (including phenoxy) is 2. The Labute approximate surface area is 108 Å². The van der Waals surface area contributed by atoms with Crippen LogP contribution in [0, 0.1) is 0 Å². The van der Waals surface area contributed by atoms with Gasteiger partial charge in [-0.25, -0.2) is 20.0 Å². The van der Waals surface area contributed by atoms with E-state index in [4.69, 9.17) is 9.47 Å². The predicted octanol–water partition coefficient (Wildman–Crippen LogP) is 2.44. The molecule has 6 nitrogen and oxygen atoms in total. The van der Waals surface area contributed by atoms with Gasteiger partial charge in [0.1, 0.15) is 12.1 Å². The SMILES string of the molecule is CCCC[C@]1(CC)COC(=O)N1NC(=O)OCC. The first-order valence-electron chi connectivity index (χ1n) is 6.50. The Morgan fingerprint density at radius 3 is 2.78 bits per heavy atom. The van der Waals surface area contributed by atoms with Crippen molar-refractivity contribution in [3.8, 4) is 0 Å². The van der Waals surface area contributed by atoms with Crippen molar-refractivity contribution >= 4 is 12.2 Å². The monoisotopic (exact) mass is 258 g/mol. The van der Waals surface area contributed by atoms with E-state index in [1.165, 1.54) is 5.01 Å².